The van der Waals surface area contributed by atoms with Crippen molar-refractivity contribution in [2.75, 3.05) is 11.9 Å². The topological polar surface area (TPSA) is 55.4 Å². The molecule has 1 aliphatic rings. The number of carbonyl (C=O) groups is 2. The van der Waals surface area contributed by atoms with Crippen LogP contribution in [0.5, 0.6) is 0 Å². The lowest BCUT2D eigenvalue weighted by Crippen LogP contribution is -2.21. The number of rotatable bonds is 4. The smallest absolute Gasteiger partial charge is 0.309 e. The molecule has 0 bridgehead atoms. The van der Waals surface area contributed by atoms with Crippen LogP contribution < -0.4 is 5.32 Å². The Hall–Kier alpha value is -1.84. The number of ether oxygens (including phenoxy) is 1. The van der Waals surface area contributed by atoms with Gasteiger partial charge in [0.15, 0.2) is 6.61 Å². The molecule has 1 aromatic carbocycles. The van der Waals surface area contributed by atoms with Crippen LogP contribution >= 0.6 is 0 Å². The van der Waals surface area contributed by atoms with E-state index in [0.29, 0.717) is 5.92 Å². The van der Waals surface area contributed by atoms with Gasteiger partial charge in [0.1, 0.15) is 0 Å². The van der Waals surface area contributed by atoms with E-state index in [9.17, 15) is 9.59 Å². The summed E-state index contributed by atoms with van der Waals surface area (Å²) in [7, 11) is 0. The van der Waals surface area contributed by atoms with Crippen molar-refractivity contribution in [2.45, 2.75) is 27.2 Å². The zero-order valence-electron chi connectivity index (χ0n) is 11.5. The average molecular weight is 261 g/mol. The highest BCUT2D eigenvalue weighted by molar-refractivity contribution is 5.93. The van der Waals surface area contributed by atoms with Gasteiger partial charge in [0.2, 0.25) is 0 Å². The number of nitrogens with one attached hydrogen (secondary N) is 1. The maximum atomic E-state index is 11.6. The molecule has 0 saturated heterocycles. The molecule has 1 N–H and O–H groups in total. The SMILES string of the molecule is Cc1ccc(NC(=O)COC(=O)[C@@H]2C[C@@H]2C)cc1C. The van der Waals surface area contributed by atoms with Crippen LogP contribution in [0.3, 0.4) is 0 Å². The summed E-state index contributed by atoms with van der Waals surface area (Å²) in [6, 6.07) is 5.69. The summed E-state index contributed by atoms with van der Waals surface area (Å²) in [5, 5.41) is 2.72. The molecule has 0 aliphatic heterocycles. The minimum absolute atomic E-state index is 0.00517. The second-order valence-corrected chi connectivity index (χ2v) is 5.27. The second-order valence-electron chi connectivity index (χ2n) is 5.27. The Kier molecular flexibility index (Phi) is 3.88. The first kappa shape index (κ1) is 13.6. The van der Waals surface area contributed by atoms with Crippen molar-refractivity contribution >= 4 is 17.6 Å². The van der Waals surface area contributed by atoms with E-state index in [4.69, 9.17) is 4.74 Å². The molecule has 1 aliphatic carbocycles. The van der Waals surface area contributed by atoms with Crippen molar-refractivity contribution < 1.29 is 14.3 Å². The van der Waals surface area contributed by atoms with E-state index < -0.39 is 0 Å². The van der Waals surface area contributed by atoms with Gasteiger partial charge in [-0.1, -0.05) is 13.0 Å². The fourth-order valence-corrected chi connectivity index (χ4v) is 1.91. The summed E-state index contributed by atoms with van der Waals surface area (Å²) in [4.78, 5) is 23.1. The molecule has 0 spiro atoms. The Bertz CT molecular complexity index is 510. The van der Waals surface area contributed by atoms with E-state index in [1.165, 1.54) is 5.56 Å². The molecule has 1 aromatic rings. The molecule has 2 rings (SSSR count). The lowest BCUT2D eigenvalue weighted by atomic mass is 10.1. The summed E-state index contributed by atoms with van der Waals surface area (Å²) in [6.07, 6.45) is 0.873. The first-order chi connectivity index (χ1) is 8.97. The first-order valence-corrected chi connectivity index (χ1v) is 6.51. The summed E-state index contributed by atoms with van der Waals surface area (Å²) in [5.74, 6) is -0.169. The first-order valence-electron chi connectivity index (χ1n) is 6.51. The zero-order valence-corrected chi connectivity index (χ0v) is 11.5. The van der Waals surface area contributed by atoms with Gasteiger partial charge in [-0.15, -0.1) is 0 Å². The minimum Gasteiger partial charge on any atom is -0.455 e. The summed E-state index contributed by atoms with van der Waals surface area (Å²) >= 11 is 0. The third kappa shape index (κ3) is 3.56. The molecule has 0 heterocycles. The lowest BCUT2D eigenvalue weighted by Gasteiger charge is -2.08. The van der Waals surface area contributed by atoms with Crippen molar-refractivity contribution in [3.05, 3.63) is 29.3 Å². The highest BCUT2D eigenvalue weighted by atomic mass is 16.5. The maximum Gasteiger partial charge on any atom is 0.309 e. The molecule has 1 fully saturated rings. The Morgan fingerprint density at radius 3 is 2.58 bits per heavy atom. The van der Waals surface area contributed by atoms with Gasteiger partial charge in [-0.05, 0) is 49.4 Å². The van der Waals surface area contributed by atoms with Crippen LogP contribution in [-0.4, -0.2) is 18.5 Å². The highest BCUT2D eigenvalue weighted by Crippen LogP contribution is 2.38. The standard InChI is InChI=1S/C15H19NO3/c1-9-4-5-12(6-10(9)2)16-14(17)8-19-15(18)13-7-11(13)3/h4-6,11,13H,7-8H2,1-3H3,(H,16,17)/t11-,13+/m0/s1. The molecular formula is C15H19NO3. The predicted octanol–water partition coefficient (Wildman–Crippen LogP) is 2.44. The van der Waals surface area contributed by atoms with Crippen molar-refractivity contribution in [2.24, 2.45) is 11.8 Å². The third-order valence-corrected chi connectivity index (χ3v) is 3.55. The Morgan fingerprint density at radius 1 is 1.32 bits per heavy atom. The van der Waals surface area contributed by atoms with Gasteiger partial charge in [-0.3, -0.25) is 9.59 Å². The van der Waals surface area contributed by atoms with Gasteiger partial charge >= 0.3 is 5.97 Å². The molecule has 4 heteroatoms. The molecule has 1 saturated carbocycles. The number of hydrogen-bond donors (Lipinski definition) is 1. The van der Waals surface area contributed by atoms with E-state index in [1.807, 2.05) is 39.0 Å². The summed E-state index contributed by atoms with van der Waals surface area (Å²) in [6.45, 7) is 5.79. The molecule has 102 valence electrons. The number of hydrogen-bond acceptors (Lipinski definition) is 3. The van der Waals surface area contributed by atoms with E-state index in [2.05, 4.69) is 5.32 Å². The van der Waals surface area contributed by atoms with Crippen LogP contribution in [0.4, 0.5) is 5.69 Å². The van der Waals surface area contributed by atoms with Crippen molar-refractivity contribution in [3.63, 3.8) is 0 Å². The van der Waals surface area contributed by atoms with E-state index in [-0.39, 0.29) is 24.4 Å². The Morgan fingerprint density at radius 2 is 2.00 bits per heavy atom. The minimum atomic E-state index is -0.301. The van der Waals surface area contributed by atoms with Crippen LogP contribution in [-0.2, 0) is 14.3 Å². The normalized spacial score (nSPS) is 20.8. The van der Waals surface area contributed by atoms with Crippen LogP contribution in [0.25, 0.3) is 0 Å². The average Bonchev–Trinajstić information content (AvgIpc) is 3.08. The van der Waals surface area contributed by atoms with Crippen LogP contribution in [0, 0.1) is 25.7 Å². The molecule has 0 unspecified atom stereocenters. The third-order valence-electron chi connectivity index (χ3n) is 3.55. The van der Waals surface area contributed by atoms with Gasteiger partial charge in [-0.25, -0.2) is 0 Å². The van der Waals surface area contributed by atoms with E-state index >= 15 is 0 Å². The van der Waals surface area contributed by atoms with Crippen LogP contribution in [0.2, 0.25) is 0 Å². The van der Waals surface area contributed by atoms with E-state index in [0.717, 1.165) is 17.7 Å². The number of anilines is 1. The molecular weight excluding hydrogens is 242 g/mol. The summed E-state index contributed by atoms with van der Waals surface area (Å²) < 4.78 is 4.97. The van der Waals surface area contributed by atoms with E-state index in [1.54, 1.807) is 0 Å². The Balaban J connectivity index is 1.80. The second kappa shape index (κ2) is 5.43. The van der Waals surface area contributed by atoms with Gasteiger partial charge in [-0.2, -0.15) is 0 Å². The number of aryl methyl sites for hydroxylation is 2. The largest absolute Gasteiger partial charge is 0.455 e. The maximum absolute atomic E-state index is 11.6. The van der Waals surface area contributed by atoms with Gasteiger partial charge in [0, 0.05) is 5.69 Å². The molecule has 1 amide bonds. The quantitative estimate of drug-likeness (QED) is 0.847. The Labute approximate surface area is 113 Å². The molecule has 4 nitrogen and oxygen atoms in total. The van der Waals surface area contributed by atoms with Gasteiger partial charge in [0.05, 0.1) is 5.92 Å². The fourth-order valence-electron chi connectivity index (χ4n) is 1.91. The van der Waals surface area contributed by atoms with Crippen LogP contribution in [0.15, 0.2) is 18.2 Å². The highest BCUT2D eigenvalue weighted by Gasteiger charge is 2.40. The number of carbonyl (C=O) groups excluding carboxylic acids is 2. The number of amides is 1. The van der Waals surface area contributed by atoms with Crippen molar-refractivity contribution in [3.8, 4) is 0 Å². The predicted molar refractivity (Wildman–Crippen MR) is 72.8 cm³/mol. The van der Waals surface area contributed by atoms with Crippen molar-refractivity contribution in [1.29, 1.82) is 0 Å². The van der Waals surface area contributed by atoms with Crippen molar-refractivity contribution in [1.82, 2.24) is 0 Å². The fraction of sp³-hybridized carbons (Fsp3) is 0.467. The number of benzene rings is 1. The lowest BCUT2D eigenvalue weighted by molar-refractivity contribution is -0.148. The zero-order chi connectivity index (χ0) is 14.0. The summed E-state index contributed by atoms with van der Waals surface area (Å²) in [5.41, 5.74) is 3.01. The molecule has 0 aromatic heterocycles. The number of esters is 1. The molecule has 19 heavy (non-hydrogen) atoms. The molecule has 0 radical (unpaired) electrons. The molecule has 2 atom stereocenters. The van der Waals surface area contributed by atoms with Gasteiger partial charge in [0.25, 0.3) is 5.91 Å². The monoisotopic (exact) mass is 261 g/mol. The van der Waals surface area contributed by atoms with Crippen LogP contribution in [0.1, 0.15) is 24.5 Å². The van der Waals surface area contributed by atoms with Gasteiger partial charge < -0.3 is 10.1 Å².